The van der Waals surface area contributed by atoms with Gasteiger partial charge in [-0.15, -0.1) is 0 Å². The Morgan fingerprint density at radius 1 is 1.10 bits per heavy atom. The molecule has 2 amide bonds. The van der Waals surface area contributed by atoms with E-state index in [9.17, 15) is 14.7 Å². The normalized spacial score (nSPS) is 18.3. The van der Waals surface area contributed by atoms with Crippen LogP contribution in [-0.4, -0.2) is 16.9 Å². The summed E-state index contributed by atoms with van der Waals surface area (Å²) < 4.78 is 0. The minimum absolute atomic E-state index is 0.150. The Morgan fingerprint density at radius 2 is 1.81 bits per heavy atom. The van der Waals surface area contributed by atoms with Crippen LogP contribution in [0, 0.1) is 6.92 Å². The summed E-state index contributed by atoms with van der Waals surface area (Å²) in [5.74, 6) is -0.694. The number of phenolic OH excluding ortho intramolecular Hbond substituents is 1. The van der Waals surface area contributed by atoms with Gasteiger partial charge in [-0.2, -0.15) is 0 Å². The summed E-state index contributed by atoms with van der Waals surface area (Å²) >= 11 is 0. The van der Waals surface area contributed by atoms with Crippen LogP contribution >= 0.6 is 0 Å². The third-order valence-electron chi connectivity index (χ3n) is 3.79. The Labute approximate surface area is 122 Å². The van der Waals surface area contributed by atoms with Gasteiger partial charge in [0.15, 0.2) is 0 Å². The van der Waals surface area contributed by atoms with Crippen LogP contribution in [0.1, 0.15) is 23.5 Å². The molecule has 1 heterocycles. The van der Waals surface area contributed by atoms with Crippen molar-refractivity contribution in [3.63, 3.8) is 0 Å². The topological polar surface area (TPSA) is 57.6 Å². The lowest BCUT2D eigenvalue weighted by Gasteiger charge is -2.16. The number of hydrogen-bond acceptors (Lipinski definition) is 3. The van der Waals surface area contributed by atoms with E-state index in [1.54, 1.807) is 19.1 Å². The van der Waals surface area contributed by atoms with E-state index in [4.69, 9.17) is 0 Å². The van der Waals surface area contributed by atoms with E-state index in [2.05, 4.69) is 0 Å². The molecule has 21 heavy (non-hydrogen) atoms. The van der Waals surface area contributed by atoms with E-state index < -0.39 is 5.92 Å². The molecular formula is C17H15NO3. The second-order valence-corrected chi connectivity index (χ2v) is 5.21. The summed E-state index contributed by atoms with van der Waals surface area (Å²) in [6.45, 7) is 1.73. The van der Waals surface area contributed by atoms with Crippen molar-refractivity contribution in [3.05, 3.63) is 59.7 Å². The fourth-order valence-corrected chi connectivity index (χ4v) is 2.63. The molecule has 0 aromatic heterocycles. The van der Waals surface area contributed by atoms with Crippen molar-refractivity contribution < 1.29 is 14.7 Å². The van der Waals surface area contributed by atoms with Crippen LogP contribution in [0.4, 0.5) is 5.69 Å². The minimum atomic E-state index is -0.423. The number of phenols is 1. The quantitative estimate of drug-likeness (QED) is 0.861. The standard InChI is InChI=1S/C17H15NO3/c1-11-9-13(7-8-15(11)19)18-16(20)10-14(17(18)21)12-5-3-2-4-6-12/h2-9,14,19H,10H2,1H3. The number of carbonyl (C=O) groups excluding carboxylic acids is 2. The molecular weight excluding hydrogens is 266 g/mol. The van der Waals surface area contributed by atoms with Gasteiger partial charge in [-0.3, -0.25) is 9.59 Å². The molecule has 0 spiro atoms. The van der Waals surface area contributed by atoms with Gasteiger partial charge < -0.3 is 5.11 Å². The number of amides is 2. The zero-order valence-corrected chi connectivity index (χ0v) is 11.6. The highest BCUT2D eigenvalue weighted by Crippen LogP contribution is 2.34. The highest BCUT2D eigenvalue weighted by Gasteiger charge is 2.40. The van der Waals surface area contributed by atoms with Gasteiger partial charge in [0.1, 0.15) is 5.75 Å². The molecule has 0 radical (unpaired) electrons. The van der Waals surface area contributed by atoms with E-state index in [0.29, 0.717) is 11.3 Å². The average molecular weight is 281 g/mol. The highest BCUT2D eigenvalue weighted by atomic mass is 16.3. The molecule has 1 unspecified atom stereocenters. The molecule has 1 saturated heterocycles. The molecule has 0 saturated carbocycles. The lowest BCUT2D eigenvalue weighted by molar-refractivity contribution is -0.121. The van der Waals surface area contributed by atoms with Crippen molar-refractivity contribution in [1.82, 2.24) is 0 Å². The summed E-state index contributed by atoms with van der Waals surface area (Å²) in [4.78, 5) is 26.0. The first-order chi connectivity index (χ1) is 10.1. The zero-order chi connectivity index (χ0) is 15.0. The molecule has 2 aromatic rings. The van der Waals surface area contributed by atoms with Gasteiger partial charge in [-0.1, -0.05) is 30.3 Å². The van der Waals surface area contributed by atoms with Crippen LogP contribution in [0.25, 0.3) is 0 Å². The smallest absolute Gasteiger partial charge is 0.241 e. The molecule has 4 nitrogen and oxygen atoms in total. The third-order valence-corrected chi connectivity index (χ3v) is 3.79. The number of carbonyl (C=O) groups is 2. The second-order valence-electron chi connectivity index (χ2n) is 5.21. The molecule has 1 fully saturated rings. The molecule has 1 atom stereocenters. The van der Waals surface area contributed by atoms with E-state index in [0.717, 1.165) is 5.56 Å². The molecule has 0 aliphatic carbocycles. The number of aromatic hydroxyl groups is 1. The predicted molar refractivity (Wildman–Crippen MR) is 79.1 cm³/mol. The van der Waals surface area contributed by atoms with Gasteiger partial charge in [0.2, 0.25) is 11.8 Å². The van der Waals surface area contributed by atoms with Crippen molar-refractivity contribution in [2.75, 3.05) is 4.90 Å². The third kappa shape index (κ3) is 2.29. The average Bonchev–Trinajstić information content (AvgIpc) is 2.78. The van der Waals surface area contributed by atoms with E-state index in [1.165, 1.54) is 11.0 Å². The van der Waals surface area contributed by atoms with Crippen LogP contribution in [0.15, 0.2) is 48.5 Å². The van der Waals surface area contributed by atoms with Crippen LogP contribution in [0.3, 0.4) is 0 Å². The molecule has 1 aliphatic rings. The van der Waals surface area contributed by atoms with E-state index in [-0.39, 0.29) is 24.0 Å². The highest BCUT2D eigenvalue weighted by molar-refractivity contribution is 6.22. The summed E-state index contributed by atoms with van der Waals surface area (Å²) in [5, 5.41) is 9.56. The summed E-state index contributed by atoms with van der Waals surface area (Å²) in [7, 11) is 0. The van der Waals surface area contributed by atoms with Gasteiger partial charge in [0, 0.05) is 6.42 Å². The molecule has 1 N–H and O–H groups in total. The van der Waals surface area contributed by atoms with Crippen LogP contribution in [-0.2, 0) is 9.59 Å². The van der Waals surface area contributed by atoms with Gasteiger partial charge in [0.25, 0.3) is 0 Å². The van der Waals surface area contributed by atoms with Crippen LogP contribution < -0.4 is 4.90 Å². The molecule has 2 aromatic carbocycles. The Bertz CT molecular complexity index is 709. The van der Waals surface area contributed by atoms with Gasteiger partial charge in [-0.05, 0) is 36.2 Å². The maximum atomic E-state index is 12.6. The predicted octanol–water partition coefficient (Wildman–Crippen LogP) is 2.75. The monoisotopic (exact) mass is 281 g/mol. The fourth-order valence-electron chi connectivity index (χ4n) is 2.63. The number of imide groups is 1. The summed E-state index contributed by atoms with van der Waals surface area (Å²) in [6.07, 6.45) is 0.183. The van der Waals surface area contributed by atoms with Crippen LogP contribution in [0.2, 0.25) is 0 Å². The Kier molecular flexibility index (Phi) is 3.22. The Hall–Kier alpha value is -2.62. The lowest BCUT2D eigenvalue weighted by atomic mass is 9.98. The number of anilines is 1. The van der Waals surface area contributed by atoms with Gasteiger partial charge in [-0.25, -0.2) is 4.90 Å². The SMILES string of the molecule is Cc1cc(N2C(=O)CC(c3ccccc3)C2=O)ccc1O. The van der Waals surface area contributed by atoms with Crippen molar-refractivity contribution in [2.24, 2.45) is 0 Å². The number of hydrogen-bond donors (Lipinski definition) is 1. The van der Waals surface area contributed by atoms with Crippen molar-refractivity contribution in [1.29, 1.82) is 0 Å². The number of aryl methyl sites for hydroxylation is 1. The Morgan fingerprint density at radius 3 is 2.48 bits per heavy atom. The van der Waals surface area contributed by atoms with Crippen LogP contribution in [0.5, 0.6) is 5.75 Å². The fraction of sp³-hybridized carbons (Fsp3) is 0.176. The Balaban J connectivity index is 1.96. The molecule has 0 bridgehead atoms. The van der Waals surface area contributed by atoms with Crippen molar-refractivity contribution in [2.45, 2.75) is 19.3 Å². The maximum absolute atomic E-state index is 12.6. The van der Waals surface area contributed by atoms with Crippen molar-refractivity contribution >= 4 is 17.5 Å². The summed E-state index contributed by atoms with van der Waals surface area (Å²) in [5.41, 5.74) is 2.00. The molecule has 1 aliphatic heterocycles. The molecule has 3 rings (SSSR count). The second kappa shape index (κ2) is 5.05. The first-order valence-corrected chi connectivity index (χ1v) is 6.79. The minimum Gasteiger partial charge on any atom is -0.508 e. The lowest BCUT2D eigenvalue weighted by Crippen LogP contribution is -2.30. The first-order valence-electron chi connectivity index (χ1n) is 6.79. The largest absolute Gasteiger partial charge is 0.508 e. The van der Waals surface area contributed by atoms with E-state index in [1.807, 2.05) is 30.3 Å². The van der Waals surface area contributed by atoms with Gasteiger partial charge >= 0.3 is 0 Å². The van der Waals surface area contributed by atoms with E-state index >= 15 is 0 Å². The summed E-state index contributed by atoms with van der Waals surface area (Å²) in [6, 6.07) is 14.1. The molecule has 106 valence electrons. The molecule has 4 heteroatoms. The number of benzene rings is 2. The maximum Gasteiger partial charge on any atom is 0.241 e. The first kappa shape index (κ1) is 13.4. The van der Waals surface area contributed by atoms with Gasteiger partial charge in [0.05, 0.1) is 11.6 Å². The zero-order valence-electron chi connectivity index (χ0n) is 11.6. The van der Waals surface area contributed by atoms with Crippen molar-refractivity contribution in [3.8, 4) is 5.75 Å². The number of rotatable bonds is 2. The number of nitrogens with zero attached hydrogens (tertiary/aromatic N) is 1.